The molecule has 0 radical (unpaired) electrons. The van der Waals surface area contributed by atoms with E-state index in [0.29, 0.717) is 29.0 Å². The molecule has 0 unspecified atom stereocenters. The highest BCUT2D eigenvalue weighted by atomic mass is 19.4. The summed E-state index contributed by atoms with van der Waals surface area (Å²) in [4.78, 5) is 17.2. The number of furan rings is 1. The van der Waals surface area contributed by atoms with Crippen LogP contribution in [0.25, 0.3) is 10.8 Å². The maximum Gasteiger partial charge on any atom is 0.453 e. The highest BCUT2D eigenvalue weighted by Crippen LogP contribution is 2.46. The van der Waals surface area contributed by atoms with E-state index in [-0.39, 0.29) is 24.1 Å². The number of hydrogen-bond donors (Lipinski definition) is 1. The summed E-state index contributed by atoms with van der Waals surface area (Å²) in [5, 5.41) is 8.53. The van der Waals surface area contributed by atoms with Gasteiger partial charge in [0.1, 0.15) is 11.8 Å². The van der Waals surface area contributed by atoms with Crippen LogP contribution in [0.15, 0.2) is 76.5 Å². The first kappa shape index (κ1) is 19.8. The molecule has 0 saturated carbocycles. The molecular weight excluding hydrogens is 433 g/mol. The zero-order valence-electron chi connectivity index (χ0n) is 17.1. The van der Waals surface area contributed by atoms with Crippen molar-refractivity contribution in [2.45, 2.75) is 31.0 Å². The third kappa shape index (κ3) is 3.14. The monoisotopic (exact) mass is 450 g/mol. The van der Waals surface area contributed by atoms with E-state index in [0.717, 1.165) is 10.8 Å². The van der Waals surface area contributed by atoms with Gasteiger partial charge in [-0.2, -0.15) is 18.2 Å². The van der Waals surface area contributed by atoms with E-state index in [1.807, 2.05) is 42.5 Å². The van der Waals surface area contributed by atoms with Crippen LogP contribution < -0.4 is 5.32 Å². The number of benzene rings is 2. The molecule has 9 heteroatoms. The van der Waals surface area contributed by atoms with Crippen LogP contribution in [0, 0.1) is 0 Å². The van der Waals surface area contributed by atoms with Gasteiger partial charge in [0.05, 0.1) is 6.26 Å². The molecule has 6 nitrogen and oxygen atoms in total. The van der Waals surface area contributed by atoms with E-state index < -0.39 is 18.0 Å². The van der Waals surface area contributed by atoms with E-state index in [4.69, 9.17) is 4.42 Å². The fraction of sp³-hybridized carbons (Fsp3) is 0.208. The standard InChI is InChI=1S/C24H17F3N4O2/c25-24(26,27)22-29-23-28-17-11-14(19-9-4-10-33-19)12-18(32)20(17)21(31(23)30-22)16-8-3-6-13-5-1-2-7-15(13)16/h1-10,14,21H,11-12H2,(H,28,29,30)/t14-,21+/m1/s1. The average Bonchev–Trinajstić information content (AvgIpc) is 3.47. The van der Waals surface area contributed by atoms with Crippen LogP contribution >= 0.6 is 0 Å². The van der Waals surface area contributed by atoms with Gasteiger partial charge in [0.15, 0.2) is 5.78 Å². The molecule has 0 amide bonds. The predicted octanol–water partition coefficient (Wildman–Crippen LogP) is 5.46. The van der Waals surface area contributed by atoms with E-state index in [2.05, 4.69) is 15.4 Å². The molecule has 1 N–H and O–H groups in total. The van der Waals surface area contributed by atoms with Crippen molar-refractivity contribution >= 4 is 22.5 Å². The van der Waals surface area contributed by atoms with Crippen LogP contribution in [0.4, 0.5) is 19.1 Å². The Morgan fingerprint density at radius 1 is 1.03 bits per heavy atom. The van der Waals surface area contributed by atoms with Gasteiger partial charge in [0.25, 0.3) is 5.82 Å². The number of allylic oxidation sites excluding steroid dienone is 2. The minimum Gasteiger partial charge on any atom is -0.469 e. The van der Waals surface area contributed by atoms with Gasteiger partial charge in [0.2, 0.25) is 5.95 Å². The number of carbonyl (C=O) groups excluding carboxylic acids is 1. The zero-order chi connectivity index (χ0) is 22.7. The van der Waals surface area contributed by atoms with Gasteiger partial charge in [-0.1, -0.05) is 42.5 Å². The number of Topliss-reactive ketones (excluding diaryl/α,β-unsaturated/α-hetero) is 1. The SMILES string of the molecule is O=C1C[C@H](c2ccco2)CC2=C1[C@H](c1cccc3ccccc13)n1nc(C(F)(F)F)nc1N2. The van der Waals surface area contributed by atoms with E-state index in [9.17, 15) is 18.0 Å². The molecule has 0 saturated heterocycles. The average molecular weight is 450 g/mol. The van der Waals surface area contributed by atoms with Crippen LogP contribution in [-0.4, -0.2) is 20.5 Å². The summed E-state index contributed by atoms with van der Waals surface area (Å²) in [6, 6.07) is 15.9. The zero-order valence-corrected chi connectivity index (χ0v) is 17.1. The molecule has 2 aromatic carbocycles. The second-order valence-corrected chi connectivity index (χ2v) is 8.23. The Bertz CT molecular complexity index is 1410. The van der Waals surface area contributed by atoms with Crippen molar-refractivity contribution in [1.82, 2.24) is 14.8 Å². The van der Waals surface area contributed by atoms with Crippen molar-refractivity contribution in [3.8, 4) is 0 Å². The number of fused-ring (bicyclic) bond motifs is 2. The number of carbonyl (C=O) groups is 1. The molecule has 1 aliphatic heterocycles. The Kier molecular flexibility index (Phi) is 4.23. The van der Waals surface area contributed by atoms with Crippen LogP contribution in [0.2, 0.25) is 0 Å². The summed E-state index contributed by atoms with van der Waals surface area (Å²) < 4.78 is 47.2. The summed E-state index contributed by atoms with van der Waals surface area (Å²) in [6.45, 7) is 0. The van der Waals surface area contributed by atoms with Crippen molar-refractivity contribution in [3.05, 3.63) is 89.3 Å². The van der Waals surface area contributed by atoms with Crippen molar-refractivity contribution in [2.24, 2.45) is 0 Å². The number of ketones is 1. The Balaban J connectivity index is 1.56. The number of hydrogen-bond acceptors (Lipinski definition) is 5. The normalized spacial score (nSPS) is 20.5. The number of aromatic nitrogens is 3. The molecule has 33 heavy (non-hydrogen) atoms. The minimum absolute atomic E-state index is 0.0353. The van der Waals surface area contributed by atoms with E-state index in [1.54, 1.807) is 18.4 Å². The maximum absolute atomic E-state index is 13.5. The van der Waals surface area contributed by atoms with Gasteiger partial charge in [-0.15, -0.1) is 5.10 Å². The van der Waals surface area contributed by atoms with E-state index >= 15 is 0 Å². The maximum atomic E-state index is 13.5. The Morgan fingerprint density at radius 2 is 1.85 bits per heavy atom. The molecule has 0 bridgehead atoms. The first-order chi connectivity index (χ1) is 15.9. The quantitative estimate of drug-likeness (QED) is 0.439. The van der Waals surface area contributed by atoms with Gasteiger partial charge in [-0.05, 0) is 34.9 Å². The smallest absolute Gasteiger partial charge is 0.453 e. The van der Waals surface area contributed by atoms with Gasteiger partial charge < -0.3 is 9.73 Å². The van der Waals surface area contributed by atoms with Crippen molar-refractivity contribution in [3.63, 3.8) is 0 Å². The second kappa shape index (κ2) is 7.06. The number of nitrogens with one attached hydrogen (secondary N) is 1. The largest absolute Gasteiger partial charge is 0.469 e. The molecule has 2 atom stereocenters. The molecule has 1 aliphatic carbocycles. The highest BCUT2D eigenvalue weighted by molar-refractivity contribution is 6.01. The van der Waals surface area contributed by atoms with Crippen molar-refractivity contribution in [2.75, 3.05) is 5.32 Å². The fourth-order valence-electron chi connectivity index (χ4n) is 4.83. The minimum atomic E-state index is -4.71. The lowest BCUT2D eigenvalue weighted by Crippen LogP contribution is -2.33. The van der Waals surface area contributed by atoms with Gasteiger partial charge in [0, 0.05) is 23.6 Å². The highest BCUT2D eigenvalue weighted by Gasteiger charge is 2.44. The van der Waals surface area contributed by atoms with Gasteiger partial charge in [-0.25, -0.2) is 4.68 Å². The second-order valence-electron chi connectivity index (χ2n) is 8.23. The summed E-state index contributed by atoms with van der Waals surface area (Å²) >= 11 is 0. The third-order valence-corrected chi connectivity index (χ3v) is 6.24. The molecule has 2 aliphatic rings. The summed E-state index contributed by atoms with van der Waals surface area (Å²) in [5.74, 6) is -0.972. The van der Waals surface area contributed by atoms with Crippen LogP contribution in [-0.2, 0) is 11.0 Å². The topological polar surface area (TPSA) is 73.0 Å². The van der Waals surface area contributed by atoms with Crippen LogP contribution in [0.1, 0.15) is 41.9 Å². The lowest BCUT2D eigenvalue weighted by molar-refractivity contribution is -0.145. The summed E-state index contributed by atoms with van der Waals surface area (Å²) in [7, 11) is 0. The summed E-state index contributed by atoms with van der Waals surface area (Å²) in [5.41, 5.74) is 1.67. The predicted molar refractivity (Wildman–Crippen MR) is 113 cm³/mol. The molecule has 6 rings (SSSR count). The Hall–Kier alpha value is -3.88. The Labute approximate surface area is 185 Å². The lowest BCUT2D eigenvalue weighted by Gasteiger charge is -2.34. The molecular formula is C24H17F3N4O2. The van der Waals surface area contributed by atoms with Crippen molar-refractivity contribution in [1.29, 1.82) is 0 Å². The molecule has 4 aromatic rings. The number of nitrogens with zero attached hydrogens (tertiary/aromatic N) is 3. The lowest BCUT2D eigenvalue weighted by atomic mass is 9.79. The number of halogens is 3. The molecule has 2 aromatic heterocycles. The molecule has 0 spiro atoms. The van der Waals surface area contributed by atoms with Crippen molar-refractivity contribution < 1.29 is 22.4 Å². The molecule has 3 heterocycles. The van der Waals surface area contributed by atoms with Gasteiger partial charge in [-0.3, -0.25) is 4.79 Å². The Morgan fingerprint density at radius 3 is 2.64 bits per heavy atom. The number of rotatable bonds is 2. The van der Waals surface area contributed by atoms with E-state index in [1.165, 1.54) is 4.68 Å². The van der Waals surface area contributed by atoms with Crippen LogP contribution in [0.3, 0.4) is 0 Å². The first-order valence-electron chi connectivity index (χ1n) is 10.5. The summed E-state index contributed by atoms with van der Waals surface area (Å²) in [6.07, 6.45) is -2.55. The van der Waals surface area contributed by atoms with Gasteiger partial charge >= 0.3 is 6.18 Å². The molecule has 166 valence electrons. The molecule has 0 fully saturated rings. The fourth-order valence-corrected chi connectivity index (χ4v) is 4.83. The number of alkyl halides is 3. The first-order valence-corrected chi connectivity index (χ1v) is 10.5. The third-order valence-electron chi connectivity index (χ3n) is 6.24. The van der Waals surface area contributed by atoms with Crippen LogP contribution in [0.5, 0.6) is 0 Å². The number of anilines is 1.